The largest absolute Gasteiger partial charge is 0.454 e. The van der Waals surface area contributed by atoms with Crippen LogP contribution in [-0.4, -0.2) is 23.1 Å². The maximum Gasteiger partial charge on any atom is 0.413 e. The van der Waals surface area contributed by atoms with E-state index in [9.17, 15) is 4.79 Å². The molecule has 4 nitrogen and oxygen atoms in total. The molecule has 0 bridgehead atoms. The van der Waals surface area contributed by atoms with Gasteiger partial charge in [0.25, 0.3) is 0 Å². The zero-order chi connectivity index (χ0) is 23.8. The molecule has 3 fully saturated rings. The number of allylic oxidation sites excluding steroid dienone is 1. The van der Waals surface area contributed by atoms with Crippen molar-refractivity contribution in [3.8, 4) is 0 Å². The fourth-order valence-electron chi connectivity index (χ4n) is 8.99. The number of carbonyl (C=O) groups excluding carboxylic acids is 1. The maximum absolute atomic E-state index is 11.8. The van der Waals surface area contributed by atoms with Crippen LogP contribution in [0, 0.1) is 46.3 Å². The number of hydrogen-bond donors (Lipinski definition) is 0. The Morgan fingerprint density at radius 3 is 2.67 bits per heavy atom. The molecule has 0 aromatic heterocycles. The van der Waals surface area contributed by atoms with Crippen molar-refractivity contribution in [1.82, 2.24) is 0 Å². The van der Waals surface area contributed by atoms with E-state index in [-0.39, 0.29) is 11.5 Å². The summed E-state index contributed by atoms with van der Waals surface area (Å²) in [6.45, 7) is 12.4. The first-order valence-electron chi connectivity index (χ1n) is 13.8. The average molecular weight is 455 g/mol. The van der Waals surface area contributed by atoms with Gasteiger partial charge in [-0.05, 0) is 91.3 Å². The van der Waals surface area contributed by atoms with E-state index >= 15 is 0 Å². The van der Waals surface area contributed by atoms with E-state index in [0.29, 0.717) is 5.41 Å². The smallest absolute Gasteiger partial charge is 0.413 e. The van der Waals surface area contributed by atoms with Crippen LogP contribution in [-0.2, 0) is 9.53 Å². The van der Waals surface area contributed by atoms with Crippen LogP contribution in [0.2, 0.25) is 0 Å². The Morgan fingerprint density at radius 1 is 1.15 bits per heavy atom. The quantitative estimate of drug-likeness (QED) is 0.134. The molecular weight excluding hydrogens is 408 g/mol. The van der Waals surface area contributed by atoms with Gasteiger partial charge in [-0.15, -0.1) is 0 Å². The van der Waals surface area contributed by atoms with Gasteiger partial charge in [0.05, 0.1) is 0 Å². The Kier molecular flexibility index (Phi) is 7.25. The Labute approximate surface area is 201 Å². The number of carbonyl (C=O) groups is 1. The number of hydrogen-bond acceptors (Lipinski definition) is 2. The molecule has 0 aromatic carbocycles. The summed E-state index contributed by atoms with van der Waals surface area (Å²) in [7, 11) is 0. The molecule has 0 aliphatic heterocycles. The lowest BCUT2D eigenvalue weighted by molar-refractivity contribution is -0.146. The van der Waals surface area contributed by atoms with Gasteiger partial charge in [0, 0.05) is 6.42 Å². The Balaban J connectivity index is 1.45. The topological polar surface area (TPSA) is 62.7 Å². The van der Waals surface area contributed by atoms with Gasteiger partial charge in [0.15, 0.2) is 0 Å². The second-order valence-electron chi connectivity index (χ2n) is 12.8. The van der Waals surface area contributed by atoms with Crippen LogP contribution in [0.3, 0.4) is 0 Å². The predicted molar refractivity (Wildman–Crippen MR) is 133 cm³/mol. The van der Waals surface area contributed by atoms with Gasteiger partial charge in [-0.2, -0.15) is 4.79 Å². The molecule has 0 amide bonds. The van der Waals surface area contributed by atoms with Crippen molar-refractivity contribution in [3.63, 3.8) is 0 Å². The summed E-state index contributed by atoms with van der Waals surface area (Å²) in [5, 5.41) is 0. The third kappa shape index (κ3) is 4.62. The molecule has 0 N–H and O–H groups in total. The van der Waals surface area contributed by atoms with Crippen molar-refractivity contribution in [3.05, 3.63) is 17.2 Å². The lowest BCUT2D eigenvalue weighted by Crippen LogP contribution is -2.51. The van der Waals surface area contributed by atoms with Crippen molar-refractivity contribution in [1.29, 1.82) is 0 Å². The number of fused-ring (bicyclic) bond motifs is 5. The van der Waals surface area contributed by atoms with Gasteiger partial charge < -0.3 is 10.3 Å². The first kappa shape index (κ1) is 24.7. The molecular formula is C29H46N2O2. The van der Waals surface area contributed by atoms with Crippen molar-refractivity contribution >= 4 is 12.2 Å². The van der Waals surface area contributed by atoms with E-state index < -0.39 is 5.97 Å². The number of esters is 1. The van der Waals surface area contributed by atoms with Crippen molar-refractivity contribution in [2.75, 3.05) is 0 Å². The van der Waals surface area contributed by atoms with E-state index in [1.807, 2.05) is 0 Å². The first-order chi connectivity index (χ1) is 15.7. The third-order valence-corrected chi connectivity index (χ3v) is 10.7. The second kappa shape index (κ2) is 9.68. The molecule has 33 heavy (non-hydrogen) atoms. The molecule has 0 radical (unpaired) electrons. The highest BCUT2D eigenvalue weighted by Gasteiger charge is 2.59. The highest BCUT2D eigenvalue weighted by atomic mass is 16.5. The molecule has 0 saturated heterocycles. The lowest BCUT2D eigenvalue weighted by atomic mass is 9.47. The van der Waals surface area contributed by atoms with Crippen molar-refractivity contribution in [2.24, 2.45) is 46.3 Å². The summed E-state index contributed by atoms with van der Waals surface area (Å²) in [5.74, 6) is 4.52. The van der Waals surface area contributed by atoms with Gasteiger partial charge in [-0.3, -0.25) is 0 Å². The monoisotopic (exact) mass is 454 g/mol. The van der Waals surface area contributed by atoms with Crippen LogP contribution in [0.1, 0.15) is 105 Å². The highest BCUT2D eigenvalue weighted by Crippen LogP contribution is 2.67. The van der Waals surface area contributed by atoms with Crippen molar-refractivity contribution in [2.45, 2.75) is 111 Å². The predicted octanol–water partition coefficient (Wildman–Crippen LogP) is 7.24. The summed E-state index contributed by atoms with van der Waals surface area (Å²) in [6, 6.07) is 0. The summed E-state index contributed by atoms with van der Waals surface area (Å²) < 4.78 is 5.55. The normalized spacial score (nSPS) is 40.7. The van der Waals surface area contributed by atoms with Gasteiger partial charge in [0.2, 0.25) is 0 Å². The van der Waals surface area contributed by atoms with Crippen LogP contribution in [0.15, 0.2) is 11.6 Å². The van der Waals surface area contributed by atoms with E-state index in [1.54, 1.807) is 0 Å². The maximum atomic E-state index is 11.8. The SMILES string of the molecule is CC(C)CCC[C@@H](C)[C@H]1CC[C@H]2[C@@H]3CC=C4CC(OC(=O)C=[N+]=[N-])CC[C@]4(C)[C@H]3CC[C@]12C. The average Bonchev–Trinajstić information content (AvgIpc) is 3.11. The molecule has 0 aromatic rings. The molecule has 4 rings (SSSR count). The summed E-state index contributed by atoms with van der Waals surface area (Å²) in [6.07, 6.45) is 17.2. The summed E-state index contributed by atoms with van der Waals surface area (Å²) in [4.78, 5) is 14.6. The van der Waals surface area contributed by atoms with E-state index in [0.717, 1.165) is 61.0 Å². The van der Waals surface area contributed by atoms with E-state index in [1.165, 1.54) is 56.9 Å². The Hall–Kier alpha value is -1.41. The van der Waals surface area contributed by atoms with Gasteiger partial charge >= 0.3 is 12.2 Å². The van der Waals surface area contributed by atoms with Crippen LogP contribution in [0.25, 0.3) is 5.53 Å². The Bertz CT molecular complexity index is 812. The van der Waals surface area contributed by atoms with Crippen LogP contribution in [0.5, 0.6) is 0 Å². The molecule has 0 heterocycles. The zero-order valence-electron chi connectivity index (χ0n) is 21.7. The zero-order valence-corrected chi connectivity index (χ0v) is 21.7. The van der Waals surface area contributed by atoms with Gasteiger partial charge in [-0.25, -0.2) is 4.79 Å². The fraction of sp³-hybridized carbons (Fsp3) is 0.862. The highest BCUT2D eigenvalue weighted by molar-refractivity contribution is 6.20. The second-order valence-corrected chi connectivity index (χ2v) is 12.8. The molecule has 4 aliphatic rings. The van der Waals surface area contributed by atoms with E-state index in [4.69, 9.17) is 10.3 Å². The minimum Gasteiger partial charge on any atom is -0.454 e. The molecule has 1 unspecified atom stereocenters. The molecule has 4 aliphatic carbocycles. The number of ether oxygens (including phenoxy) is 1. The molecule has 3 saturated carbocycles. The standard InChI is InChI=1S/C29H46N2O2/c1-19(2)7-6-8-20(3)24-11-12-25-23-10-9-21-17-22(33-27(32)18-31-30)13-15-28(21,4)26(23)14-16-29(24,25)5/h9,18-20,22-26H,6-8,10-17H2,1-5H3/t20-,22?,23+,24-,25+,26+,28+,29-/m1/s1. The van der Waals surface area contributed by atoms with E-state index in [2.05, 4.69) is 45.5 Å². The number of nitrogens with zero attached hydrogens (tertiary/aromatic N) is 2. The van der Waals surface area contributed by atoms with Crippen LogP contribution >= 0.6 is 0 Å². The lowest BCUT2D eigenvalue weighted by Gasteiger charge is -2.58. The summed E-state index contributed by atoms with van der Waals surface area (Å²) >= 11 is 0. The molecule has 4 heteroatoms. The van der Waals surface area contributed by atoms with Crippen molar-refractivity contribution < 1.29 is 14.3 Å². The summed E-state index contributed by atoms with van der Waals surface area (Å²) in [5.41, 5.74) is 10.9. The minimum absolute atomic E-state index is 0.0808. The van der Waals surface area contributed by atoms with Gasteiger partial charge in [0.1, 0.15) is 6.10 Å². The molecule has 0 spiro atoms. The number of rotatable bonds is 7. The fourth-order valence-corrected chi connectivity index (χ4v) is 8.99. The Morgan fingerprint density at radius 2 is 1.94 bits per heavy atom. The minimum atomic E-state index is -0.534. The third-order valence-electron chi connectivity index (χ3n) is 10.7. The molecule has 184 valence electrons. The van der Waals surface area contributed by atoms with Crippen LogP contribution < -0.4 is 0 Å². The van der Waals surface area contributed by atoms with Gasteiger partial charge in [-0.1, -0.05) is 65.5 Å². The molecule has 8 atom stereocenters. The van der Waals surface area contributed by atoms with Crippen LogP contribution in [0.4, 0.5) is 0 Å². The first-order valence-corrected chi connectivity index (χ1v) is 13.8.